The van der Waals surface area contributed by atoms with Crippen LogP contribution < -0.4 is 11.1 Å². The maximum absolute atomic E-state index is 11.8. The van der Waals surface area contributed by atoms with Crippen molar-refractivity contribution in [3.8, 4) is 0 Å². The van der Waals surface area contributed by atoms with E-state index >= 15 is 0 Å². The second-order valence-electron chi connectivity index (χ2n) is 5.57. The number of ether oxygens (including phenoxy) is 1. The molecule has 0 heterocycles. The molecule has 1 aliphatic rings. The van der Waals surface area contributed by atoms with Crippen LogP contribution in [0.15, 0.2) is 18.2 Å². The van der Waals surface area contributed by atoms with Gasteiger partial charge < -0.3 is 15.8 Å². The average Bonchev–Trinajstić information content (AvgIpc) is 2.36. The lowest BCUT2D eigenvalue weighted by atomic mass is 9.83. The van der Waals surface area contributed by atoms with E-state index < -0.39 is 0 Å². The van der Waals surface area contributed by atoms with Crippen LogP contribution in [0, 0.1) is 12.8 Å². The second-order valence-corrected chi connectivity index (χ2v) is 5.57. The first-order valence-electron chi connectivity index (χ1n) is 7.39. The van der Waals surface area contributed by atoms with Crippen molar-refractivity contribution in [2.24, 2.45) is 5.92 Å². The van der Waals surface area contributed by atoms with Gasteiger partial charge >= 0.3 is 0 Å². The molecule has 1 amide bonds. The number of hydrogen-bond donors (Lipinski definition) is 2. The van der Waals surface area contributed by atoms with Gasteiger partial charge in [-0.1, -0.05) is 25.3 Å². The Morgan fingerprint density at radius 1 is 1.40 bits per heavy atom. The quantitative estimate of drug-likeness (QED) is 0.594. The van der Waals surface area contributed by atoms with Crippen molar-refractivity contribution < 1.29 is 9.53 Å². The van der Waals surface area contributed by atoms with E-state index in [0.717, 1.165) is 30.2 Å². The highest BCUT2D eigenvalue weighted by atomic mass is 16.5. The van der Waals surface area contributed by atoms with E-state index in [-0.39, 0.29) is 5.91 Å². The largest absolute Gasteiger partial charge is 0.399 e. The third-order valence-electron chi connectivity index (χ3n) is 3.90. The number of benzene rings is 1. The number of aryl methyl sites for hydroxylation is 1. The molecule has 1 fully saturated rings. The Balaban J connectivity index is 1.63. The normalized spacial score (nSPS) is 14.8. The lowest BCUT2D eigenvalue weighted by Crippen LogP contribution is -2.17. The summed E-state index contributed by atoms with van der Waals surface area (Å²) in [5.74, 6) is 0.834. The molecule has 0 aliphatic heterocycles. The van der Waals surface area contributed by atoms with Crippen LogP contribution in [0.4, 0.5) is 11.4 Å². The summed E-state index contributed by atoms with van der Waals surface area (Å²) < 4.78 is 5.52. The van der Waals surface area contributed by atoms with Crippen LogP contribution in [0.1, 0.15) is 37.7 Å². The number of nitrogen functional groups attached to an aromatic ring is 1. The molecule has 1 aromatic carbocycles. The number of carbonyl (C=O) groups excluding carboxylic acids is 1. The van der Waals surface area contributed by atoms with E-state index in [2.05, 4.69) is 5.32 Å². The van der Waals surface area contributed by atoms with Gasteiger partial charge in [-0.25, -0.2) is 0 Å². The number of nitrogens with one attached hydrogen (secondary N) is 1. The predicted octanol–water partition coefficient (Wildman–Crippen LogP) is 3.11. The standard InChI is InChI=1S/C16H24N2O2/c1-12-5-6-14(17)11-15(12)18-16(19)8-10-20-9-7-13-3-2-4-13/h5-6,11,13H,2-4,7-10,17H2,1H3,(H,18,19). The van der Waals surface area contributed by atoms with E-state index in [1.54, 1.807) is 6.07 Å². The molecule has 1 aliphatic carbocycles. The Hall–Kier alpha value is -1.55. The molecule has 0 unspecified atom stereocenters. The molecule has 0 bridgehead atoms. The van der Waals surface area contributed by atoms with Crippen molar-refractivity contribution in [1.82, 2.24) is 0 Å². The maximum atomic E-state index is 11.8. The van der Waals surface area contributed by atoms with Crippen molar-refractivity contribution in [2.45, 2.75) is 39.0 Å². The molecule has 4 heteroatoms. The minimum atomic E-state index is -0.0256. The molecule has 110 valence electrons. The lowest BCUT2D eigenvalue weighted by Gasteiger charge is -2.24. The summed E-state index contributed by atoms with van der Waals surface area (Å²) in [6.07, 6.45) is 5.58. The van der Waals surface area contributed by atoms with E-state index in [1.807, 2.05) is 19.1 Å². The van der Waals surface area contributed by atoms with E-state index in [4.69, 9.17) is 10.5 Å². The van der Waals surface area contributed by atoms with Crippen LogP contribution in [0.25, 0.3) is 0 Å². The zero-order valence-corrected chi connectivity index (χ0v) is 12.2. The lowest BCUT2D eigenvalue weighted by molar-refractivity contribution is -0.117. The van der Waals surface area contributed by atoms with Gasteiger partial charge in [0.15, 0.2) is 0 Å². The summed E-state index contributed by atoms with van der Waals surface area (Å²) in [7, 11) is 0. The van der Waals surface area contributed by atoms with Crippen LogP contribution in [-0.2, 0) is 9.53 Å². The third kappa shape index (κ3) is 4.53. The third-order valence-corrected chi connectivity index (χ3v) is 3.90. The Kier molecular flexibility index (Phi) is 5.41. The van der Waals surface area contributed by atoms with Crippen molar-refractivity contribution in [3.63, 3.8) is 0 Å². The predicted molar refractivity (Wildman–Crippen MR) is 81.6 cm³/mol. The molecule has 0 aromatic heterocycles. The highest BCUT2D eigenvalue weighted by molar-refractivity contribution is 5.92. The van der Waals surface area contributed by atoms with Gasteiger partial charge in [-0.2, -0.15) is 0 Å². The number of carbonyl (C=O) groups is 1. The first-order chi connectivity index (χ1) is 9.65. The monoisotopic (exact) mass is 276 g/mol. The van der Waals surface area contributed by atoms with E-state index in [1.165, 1.54) is 19.3 Å². The van der Waals surface area contributed by atoms with Crippen LogP contribution in [-0.4, -0.2) is 19.1 Å². The van der Waals surface area contributed by atoms with Gasteiger partial charge in [0, 0.05) is 18.0 Å². The molecule has 20 heavy (non-hydrogen) atoms. The highest BCUT2D eigenvalue weighted by Gasteiger charge is 2.16. The summed E-state index contributed by atoms with van der Waals surface area (Å²) in [5.41, 5.74) is 8.16. The fourth-order valence-electron chi connectivity index (χ4n) is 2.29. The van der Waals surface area contributed by atoms with Crippen molar-refractivity contribution in [2.75, 3.05) is 24.3 Å². The first kappa shape index (κ1) is 14.9. The minimum Gasteiger partial charge on any atom is -0.399 e. The molecule has 1 saturated carbocycles. The molecule has 4 nitrogen and oxygen atoms in total. The minimum absolute atomic E-state index is 0.0256. The summed E-state index contributed by atoms with van der Waals surface area (Å²) in [6.45, 7) is 3.21. The van der Waals surface area contributed by atoms with Crippen molar-refractivity contribution in [1.29, 1.82) is 0 Å². The summed E-state index contributed by atoms with van der Waals surface area (Å²) in [5, 5.41) is 2.87. The van der Waals surface area contributed by atoms with Gasteiger partial charge in [-0.3, -0.25) is 4.79 Å². The number of rotatable bonds is 7. The van der Waals surface area contributed by atoms with Gasteiger partial charge in [-0.15, -0.1) is 0 Å². The summed E-state index contributed by atoms with van der Waals surface area (Å²) in [6, 6.07) is 5.51. The van der Waals surface area contributed by atoms with Crippen molar-refractivity contribution >= 4 is 17.3 Å². The topological polar surface area (TPSA) is 64.3 Å². The smallest absolute Gasteiger partial charge is 0.226 e. The summed E-state index contributed by atoms with van der Waals surface area (Å²) in [4.78, 5) is 11.8. The van der Waals surface area contributed by atoms with Gasteiger partial charge in [0.25, 0.3) is 0 Å². The first-order valence-corrected chi connectivity index (χ1v) is 7.39. The van der Waals surface area contributed by atoms with E-state index in [0.29, 0.717) is 18.7 Å². The Morgan fingerprint density at radius 3 is 2.90 bits per heavy atom. The molecule has 0 spiro atoms. The summed E-state index contributed by atoms with van der Waals surface area (Å²) >= 11 is 0. The number of nitrogens with two attached hydrogens (primary N) is 1. The highest BCUT2D eigenvalue weighted by Crippen LogP contribution is 2.29. The molecular formula is C16H24N2O2. The molecule has 2 rings (SSSR count). The molecule has 3 N–H and O–H groups in total. The second kappa shape index (κ2) is 7.29. The Bertz CT molecular complexity index is 456. The average molecular weight is 276 g/mol. The Morgan fingerprint density at radius 2 is 2.20 bits per heavy atom. The van der Waals surface area contributed by atoms with Crippen LogP contribution in [0.3, 0.4) is 0 Å². The fraction of sp³-hybridized carbons (Fsp3) is 0.562. The SMILES string of the molecule is Cc1ccc(N)cc1NC(=O)CCOCCC1CCC1. The van der Waals surface area contributed by atoms with Crippen LogP contribution >= 0.6 is 0 Å². The van der Waals surface area contributed by atoms with Gasteiger partial charge in [0.05, 0.1) is 13.0 Å². The molecule has 1 aromatic rings. The fourth-order valence-corrected chi connectivity index (χ4v) is 2.29. The zero-order chi connectivity index (χ0) is 14.4. The molecule has 0 radical (unpaired) electrons. The maximum Gasteiger partial charge on any atom is 0.226 e. The number of amides is 1. The Labute approximate surface area is 120 Å². The van der Waals surface area contributed by atoms with Gasteiger partial charge in [-0.05, 0) is 37.0 Å². The number of hydrogen-bond acceptors (Lipinski definition) is 3. The molecular weight excluding hydrogens is 252 g/mol. The van der Waals surface area contributed by atoms with Gasteiger partial charge in [0.1, 0.15) is 0 Å². The molecule has 0 atom stereocenters. The van der Waals surface area contributed by atoms with E-state index in [9.17, 15) is 4.79 Å². The zero-order valence-electron chi connectivity index (χ0n) is 12.2. The van der Waals surface area contributed by atoms with Crippen LogP contribution in [0.2, 0.25) is 0 Å². The molecule has 0 saturated heterocycles. The number of anilines is 2. The van der Waals surface area contributed by atoms with Gasteiger partial charge in [0.2, 0.25) is 5.91 Å². The van der Waals surface area contributed by atoms with Crippen LogP contribution in [0.5, 0.6) is 0 Å². The van der Waals surface area contributed by atoms with Crippen molar-refractivity contribution in [3.05, 3.63) is 23.8 Å².